The van der Waals surface area contributed by atoms with Gasteiger partial charge in [0.25, 0.3) is 0 Å². The van der Waals surface area contributed by atoms with Crippen molar-refractivity contribution in [2.24, 2.45) is 5.73 Å². The van der Waals surface area contributed by atoms with Crippen molar-refractivity contribution in [3.05, 3.63) is 29.8 Å². The van der Waals surface area contributed by atoms with Crippen molar-refractivity contribution in [2.75, 3.05) is 11.9 Å². The summed E-state index contributed by atoms with van der Waals surface area (Å²) in [5, 5.41) is 2.39. The maximum atomic E-state index is 12.7. The third-order valence-corrected chi connectivity index (χ3v) is 1.57. The average molecular weight is 200 g/mol. The molecule has 3 N–H and O–H groups in total. The van der Waals surface area contributed by atoms with E-state index in [-0.39, 0.29) is 24.6 Å². The first kappa shape index (κ1) is 10.6. The highest BCUT2D eigenvalue weighted by atomic mass is 19.2. The second-order valence-corrected chi connectivity index (χ2v) is 2.72. The third-order valence-electron chi connectivity index (χ3n) is 1.57. The zero-order valence-electron chi connectivity index (χ0n) is 7.39. The van der Waals surface area contributed by atoms with Crippen LogP contribution >= 0.6 is 0 Å². The lowest BCUT2D eigenvalue weighted by molar-refractivity contribution is -0.116. The van der Waals surface area contributed by atoms with Gasteiger partial charge in [0.1, 0.15) is 0 Å². The molecule has 0 saturated heterocycles. The average Bonchev–Trinajstić information content (AvgIpc) is 2.12. The molecule has 0 radical (unpaired) electrons. The highest BCUT2D eigenvalue weighted by Gasteiger charge is 2.04. The van der Waals surface area contributed by atoms with Gasteiger partial charge in [-0.15, -0.1) is 0 Å². The zero-order chi connectivity index (χ0) is 10.6. The van der Waals surface area contributed by atoms with Crippen LogP contribution in [0.5, 0.6) is 0 Å². The van der Waals surface area contributed by atoms with Gasteiger partial charge in [0.05, 0.1) is 0 Å². The molecule has 3 nitrogen and oxygen atoms in total. The van der Waals surface area contributed by atoms with E-state index in [9.17, 15) is 13.6 Å². The van der Waals surface area contributed by atoms with Crippen molar-refractivity contribution in [1.29, 1.82) is 0 Å². The van der Waals surface area contributed by atoms with Crippen LogP contribution in [-0.4, -0.2) is 12.5 Å². The van der Waals surface area contributed by atoms with Gasteiger partial charge in [-0.25, -0.2) is 8.78 Å². The van der Waals surface area contributed by atoms with Crippen LogP contribution in [-0.2, 0) is 4.79 Å². The summed E-state index contributed by atoms with van der Waals surface area (Å²) in [6.45, 7) is 0.218. The molecule has 5 heteroatoms. The maximum absolute atomic E-state index is 12.7. The molecule has 76 valence electrons. The Morgan fingerprint density at radius 3 is 2.64 bits per heavy atom. The Balaban J connectivity index is 2.68. The van der Waals surface area contributed by atoms with Crippen LogP contribution in [0.4, 0.5) is 14.5 Å². The normalized spacial score (nSPS) is 9.93. The lowest BCUT2D eigenvalue weighted by Gasteiger charge is -2.03. The lowest BCUT2D eigenvalue weighted by atomic mass is 10.3. The molecule has 0 fully saturated rings. The summed E-state index contributed by atoms with van der Waals surface area (Å²) in [6.07, 6.45) is 0.152. The first-order chi connectivity index (χ1) is 6.63. The third kappa shape index (κ3) is 2.77. The van der Waals surface area contributed by atoms with Crippen LogP contribution in [0.2, 0.25) is 0 Å². The maximum Gasteiger partial charge on any atom is 0.225 e. The topological polar surface area (TPSA) is 55.1 Å². The zero-order valence-corrected chi connectivity index (χ0v) is 7.39. The van der Waals surface area contributed by atoms with E-state index in [2.05, 4.69) is 5.32 Å². The Hall–Kier alpha value is -1.49. The summed E-state index contributed by atoms with van der Waals surface area (Å²) in [7, 11) is 0. The number of rotatable bonds is 3. The van der Waals surface area contributed by atoms with Gasteiger partial charge in [0.2, 0.25) is 5.91 Å². The van der Waals surface area contributed by atoms with E-state index < -0.39 is 11.6 Å². The summed E-state index contributed by atoms with van der Waals surface area (Å²) in [4.78, 5) is 11.0. The molecule has 0 aliphatic carbocycles. The Morgan fingerprint density at radius 2 is 2.07 bits per heavy atom. The lowest BCUT2D eigenvalue weighted by Crippen LogP contribution is -2.16. The van der Waals surface area contributed by atoms with E-state index >= 15 is 0 Å². The van der Waals surface area contributed by atoms with Crippen molar-refractivity contribution in [3.8, 4) is 0 Å². The molecule has 0 heterocycles. The van der Waals surface area contributed by atoms with Crippen molar-refractivity contribution >= 4 is 11.6 Å². The molecule has 14 heavy (non-hydrogen) atoms. The van der Waals surface area contributed by atoms with E-state index in [1.807, 2.05) is 0 Å². The van der Waals surface area contributed by atoms with Crippen LogP contribution in [0, 0.1) is 11.6 Å². The van der Waals surface area contributed by atoms with Crippen molar-refractivity contribution in [2.45, 2.75) is 6.42 Å². The molecule has 0 bridgehead atoms. The second-order valence-electron chi connectivity index (χ2n) is 2.72. The molecule has 1 amide bonds. The fraction of sp³-hybridized carbons (Fsp3) is 0.222. The molecule has 0 aromatic heterocycles. The van der Waals surface area contributed by atoms with Crippen LogP contribution < -0.4 is 11.1 Å². The summed E-state index contributed by atoms with van der Waals surface area (Å²) in [5.41, 5.74) is 5.37. The van der Waals surface area contributed by atoms with E-state index in [0.717, 1.165) is 12.1 Å². The standard InChI is InChI=1S/C9H10F2N2O/c10-7-2-1-6(5-8(7)11)13-9(14)3-4-12/h1-2,5H,3-4,12H2,(H,13,14). The van der Waals surface area contributed by atoms with Crippen LogP contribution in [0.15, 0.2) is 18.2 Å². The first-order valence-corrected chi connectivity index (χ1v) is 4.08. The SMILES string of the molecule is NCCC(=O)Nc1ccc(F)c(F)c1. The van der Waals surface area contributed by atoms with Gasteiger partial charge in [-0.05, 0) is 12.1 Å². The van der Waals surface area contributed by atoms with Gasteiger partial charge in [-0.2, -0.15) is 0 Å². The Bertz CT molecular complexity index is 342. The Labute approximate surface area is 79.9 Å². The van der Waals surface area contributed by atoms with Gasteiger partial charge in [0, 0.05) is 24.7 Å². The molecular weight excluding hydrogens is 190 g/mol. The monoisotopic (exact) mass is 200 g/mol. The summed E-state index contributed by atoms with van der Waals surface area (Å²) in [6, 6.07) is 3.16. The Kier molecular flexibility index (Phi) is 3.53. The van der Waals surface area contributed by atoms with Crippen molar-refractivity contribution in [3.63, 3.8) is 0 Å². The number of carbonyl (C=O) groups is 1. The number of halogens is 2. The minimum Gasteiger partial charge on any atom is -0.330 e. The molecule has 0 spiro atoms. The second kappa shape index (κ2) is 4.66. The summed E-state index contributed by atoms with van der Waals surface area (Å²) >= 11 is 0. The molecule has 1 rings (SSSR count). The van der Waals surface area contributed by atoms with Crippen molar-refractivity contribution < 1.29 is 13.6 Å². The fourth-order valence-corrected chi connectivity index (χ4v) is 0.928. The van der Waals surface area contributed by atoms with E-state index in [1.54, 1.807) is 0 Å². The van der Waals surface area contributed by atoms with E-state index in [1.165, 1.54) is 6.07 Å². The predicted octanol–water partition coefficient (Wildman–Crippen LogP) is 1.25. The fourth-order valence-electron chi connectivity index (χ4n) is 0.928. The van der Waals surface area contributed by atoms with Gasteiger partial charge in [-0.3, -0.25) is 4.79 Å². The number of nitrogens with one attached hydrogen (secondary N) is 1. The Morgan fingerprint density at radius 1 is 1.36 bits per heavy atom. The molecule has 0 aliphatic rings. The van der Waals surface area contributed by atoms with Crippen molar-refractivity contribution in [1.82, 2.24) is 0 Å². The minimum absolute atomic E-state index is 0.152. The highest BCUT2D eigenvalue weighted by molar-refractivity contribution is 5.90. The van der Waals surface area contributed by atoms with Crippen LogP contribution in [0.1, 0.15) is 6.42 Å². The van der Waals surface area contributed by atoms with Gasteiger partial charge < -0.3 is 11.1 Å². The molecular formula is C9H10F2N2O. The molecule has 1 aromatic rings. The number of hydrogen-bond donors (Lipinski definition) is 2. The van der Waals surface area contributed by atoms with E-state index in [4.69, 9.17) is 5.73 Å². The smallest absolute Gasteiger partial charge is 0.225 e. The quantitative estimate of drug-likeness (QED) is 0.771. The summed E-state index contributed by atoms with van der Waals surface area (Å²) in [5.74, 6) is -2.25. The van der Waals surface area contributed by atoms with Gasteiger partial charge in [-0.1, -0.05) is 0 Å². The molecule has 0 unspecified atom stereocenters. The number of hydrogen-bond acceptors (Lipinski definition) is 2. The predicted molar refractivity (Wildman–Crippen MR) is 48.7 cm³/mol. The van der Waals surface area contributed by atoms with Gasteiger partial charge >= 0.3 is 0 Å². The largest absolute Gasteiger partial charge is 0.330 e. The summed E-state index contributed by atoms with van der Waals surface area (Å²) < 4.78 is 25.1. The number of carbonyl (C=O) groups excluding carboxylic acids is 1. The number of amides is 1. The minimum atomic E-state index is -0.990. The molecule has 0 atom stereocenters. The molecule has 1 aromatic carbocycles. The number of anilines is 1. The van der Waals surface area contributed by atoms with Crippen LogP contribution in [0.25, 0.3) is 0 Å². The van der Waals surface area contributed by atoms with Gasteiger partial charge in [0.15, 0.2) is 11.6 Å². The molecule has 0 saturated carbocycles. The number of benzene rings is 1. The van der Waals surface area contributed by atoms with E-state index in [0.29, 0.717) is 0 Å². The highest BCUT2D eigenvalue weighted by Crippen LogP contribution is 2.12. The first-order valence-electron chi connectivity index (χ1n) is 4.08. The molecule has 0 aliphatic heterocycles. The number of nitrogens with two attached hydrogens (primary N) is 1. The van der Waals surface area contributed by atoms with Crippen LogP contribution in [0.3, 0.4) is 0 Å².